The number of alkyl halides is 1. The number of rotatable bonds is 7. The number of hydrogen-bond donors (Lipinski definition) is 0. The second-order valence-corrected chi connectivity index (χ2v) is 5.60. The van der Waals surface area contributed by atoms with Crippen LogP contribution < -0.4 is 4.74 Å². The smallest absolute Gasteiger partial charge is 0.123 e. The Morgan fingerprint density at radius 3 is 2.62 bits per heavy atom. The van der Waals surface area contributed by atoms with Crippen molar-refractivity contribution in [2.24, 2.45) is 0 Å². The van der Waals surface area contributed by atoms with Crippen LogP contribution in [0.2, 0.25) is 0 Å². The maximum absolute atomic E-state index is 6.54. The summed E-state index contributed by atoms with van der Waals surface area (Å²) in [4.78, 5) is 6.27. The first-order chi connectivity index (χ1) is 10.2. The average Bonchev–Trinajstić information content (AvgIpc) is 2.53. The quantitative estimate of drug-likeness (QED) is 0.732. The highest BCUT2D eigenvalue weighted by Crippen LogP contribution is 2.29. The van der Waals surface area contributed by atoms with Gasteiger partial charge in [-0.1, -0.05) is 18.2 Å². The van der Waals surface area contributed by atoms with E-state index < -0.39 is 0 Å². The molecule has 0 amide bonds. The zero-order valence-electron chi connectivity index (χ0n) is 12.5. The van der Waals surface area contributed by atoms with E-state index in [2.05, 4.69) is 16.9 Å². The summed E-state index contributed by atoms with van der Waals surface area (Å²) in [7, 11) is 3.77. The van der Waals surface area contributed by atoms with Crippen LogP contribution >= 0.6 is 11.6 Å². The van der Waals surface area contributed by atoms with Crippen LogP contribution in [-0.2, 0) is 6.42 Å². The number of aromatic nitrogens is 1. The summed E-state index contributed by atoms with van der Waals surface area (Å²) in [6.45, 7) is 1.75. The molecular formula is C17H21ClN2O. The lowest BCUT2D eigenvalue weighted by molar-refractivity contribution is 0.334. The van der Waals surface area contributed by atoms with Crippen LogP contribution in [0.3, 0.4) is 0 Å². The molecule has 0 fully saturated rings. The van der Waals surface area contributed by atoms with Gasteiger partial charge in [-0.2, -0.15) is 0 Å². The first-order valence-corrected chi connectivity index (χ1v) is 7.48. The molecule has 0 radical (unpaired) electrons. The van der Waals surface area contributed by atoms with Gasteiger partial charge in [0.05, 0.1) is 12.5 Å². The van der Waals surface area contributed by atoms with Crippen LogP contribution in [0.5, 0.6) is 5.75 Å². The predicted molar refractivity (Wildman–Crippen MR) is 87.0 cm³/mol. The molecule has 1 aromatic carbocycles. The first kappa shape index (κ1) is 15.8. The first-order valence-electron chi connectivity index (χ1n) is 7.05. The Morgan fingerprint density at radius 1 is 1.19 bits per heavy atom. The van der Waals surface area contributed by atoms with Crippen molar-refractivity contribution >= 4 is 11.6 Å². The van der Waals surface area contributed by atoms with Crippen LogP contribution in [0.25, 0.3) is 0 Å². The lowest BCUT2D eigenvalue weighted by atomic mass is 10.1. The molecule has 4 heteroatoms. The molecule has 1 aromatic heterocycles. The van der Waals surface area contributed by atoms with Crippen LogP contribution in [-0.4, -0.2) is 37.1 Å². The van der Waals surface area contributed by atoms with Crippen molar-refractivity contribution in [2.45, 2.75) is 11.8 Å². The van der Waals surface area contributed by atoms with Crippen molar-refractivity contribution in [1.29, 1.82) is 0 Å². The van der Waals surface area contributed by atoms with E-state index in [1.165, 1.54) is 5.56 Å². The highest BCUT2D eigenvalue weighted by molar-refractivity contribution is 6.21. The standard InChI is InChI=1S/C17H21ClN2O/c1-20(12-9-14-7-10-19-11-8-14)13-16(18)15-5-3-4-6-17(15)21-2/h3-8,10-11,16H,9,12-13H2,1-2H3. The van der Waals surface area contributed by atoms with Crippen molar-refractivity contribution < 1.29 is 4.74 Å². The molecule has 2 aromatic rings. The fourth-order valence-electron chi connectivity index (χ4n) is 2.26. The fraction of sp³-hybridized carbons (Fsp3) is 0.353. The highest BCUT2D eigenvalue weighted by Gasteiger charge is 2.15. The number of nitrogens with zero attached hydrogens (tertiary/aromatic N) is 2. The van der Waals surface area contributed by atoms with Gasteiger partial charge < -0.3 is 9.64 Å². The summed E-state index contributed by atoms with van der Waals surface area (Å²) < 4.78 is 5.37. The average molecular weight is 305 g/mol. The minimum absolute atomic E-state index is 0.0800. The van der Waals surface area contributed by atoms with E-state index in [-0.39, 0.29) is 5.38 Å². The number of methoxy groups -OCH3 is 1. The Kier molecular flexibility index (Phi) is 6.03. The molecule has 112 valence electrons. The Labute approximate surface area is 131 Å². The van der Waals surface area contributed by atoms with E-state index >= 15 is 0 Å². The van der Waals surface area contributed by atoms with Crippen molar-refractivity contribution in [3.63, 3.8) is 0 Å². The maximum atomic E-state index is 6.54. The molecule has 1 atom stereocenters. The minimum atomic E-state index is -0.0800. The molecule has 0 bridgehead atoms. The van der Waals surface area contributed by atoms with Crippen LogP contribution in [0.1, 0.15) is 16.5 Å². The van der Waals surface area contributed by atoms with Gasteiger partial charge >= 0.3 is 0 Å². The van der Waals surface area contributed by atoms with Gasteiger partial charge in [0.15, 0.2) is 0 Å². The molecule has 0 aliphatic rings. The number of likely N-dealkylation sites (N-methyl/N-ethyl adjacent to an activating group) is 1. The topological polar surface area (TPSA) is 25.4 Å². The van der Waals surface area contributed by atoms with E-state index in [9.17, 15) is 0 Å². The molecule has 0 aliphatic carbocycles. The van der Waals surface area contributed by atoms with Crippen molar-refractivity contribution in [3.05, 3.63) is 59.9 Å². The van der Waals surface area contributed by atoms with Gasteiger partial charge in [0.2, 0.25) is 0 Å². The Balaban J connectivity index is 1.88. The minimum Gasteiger partial charge on any atom is -0.496 e. The van der Waals surface area contributed by atoms with Gasteiger partial charge in [0.25, 0.3) is 0 Å². The molecule has 1 unspecified atom stereocenters. The van der Waals surface area contributed by atoms with E-state index in [0.717, 1.165) is 30.8 Å². The number of ether oxygens (including phenoxy) is 1. The SMILES string of the molecule is COc1ccccc1C(Cl)CN(C)CCc1ccncc1. The summed E-state index contributed by atoms with van der Waals surface area (Å²) in [5.74, 6) is 0.847. The number of benzene rings is 1. The molecule has 2 rings (SSSR count). The third-order valence-corrected chi connectivity index (χ3v) is 3.85. The Hall–Kier alpha value is -1.58. The third-order valence-electron chi connectivity index (χ3n) is 3.48. The zero-order chi connectivity index (χ0) is 15.1. The molecule has 1 heterocycles. The summed E-state index contributed by atoms with van der Waals surface area (Å²) in [5.41, 5.74) is 2.33. The molecule has 0 spiro atoms. The molecule has 0 N–H and O–H groups in total. The maximum Gasteiger partial charge on any atom is 0.123 e. The van der Waals surface area contributed by atoms with E-state index in [1.54, 1.807) is 7.11 Å². The fourth-order valence-corrected chi connectivity index (χ4v) is 2.67. The third kappa shape index (κ3) is 4.73. The van der Waals surface area contributed by atoms with Gasteiger partial charge in [-0.25, -0.2) is 0 Å². The van der Waals surface area contributed by atoms with Crippen LogP contribution in [0.15, 0.2) is 48.8 Å². The van der Waals surface area contributed by atoms with Crippen LogP contribution in [0, 0.1) is 0 Å². The molecule has 3 nitrogen and oxygen atoms in total. The largest absolute Gasteiger partial charge is 0.496 e. The summed E-state index contributed by atoms with van der Waals surface area (Å²) >= 11 is 6.54. The number of halogens is 1. The normalized spacial score (nSPS) is 12.4. The Morgan fingerprint density at radius 2 is 1.90 bits per heavy atom. The highest BCUT2D eigenvalue weighted by atomic mass is 35.5. The lowest BCUT2D eigenvalue weighted by Crippen LogP contribution is -2.25. The monoisotopic (exact) mass is 304 g/mol. The molecule has 0 saturated carbocycles. The van der Waals surface area contributed by atoms with Crippen molar-refractivity contribution in [1.82, 2.24) is 9.88 Å². The van der Waals surface area contributed by atoms with Crippen molar-refractivity contribution in [3.8, 4) is 5.75 Å². The van der Waals surface area contributed by atoms with Gasteiger partial charge in [0, 0.05) is 31.0 Å². The summed E-state index contributed by atoms with van der Waals surface area (Å²) in [5, 5.41) is -0.0800. The summed E-state index contributed by atoms with van der Waals surface area (Å²) in [6, 6.07) is 12.0. The number of para-hydroxylation sites is 1. The second kappa shape index (κ2) is 8.01. The zero-order valence-corrected chi connectivity index (χ0v) is 13.3. The molecule has 21 heavy (non-hydrogen) atoms. The second-order valence-electron chi connectivity index (χ2n) is 5.08. The van der Waals surface area contributed by atoms with E-state index in [0.29, 0.717) is 0 Å². The van der Waals surface area contributed by atoms with Crippen molar-refractivity contribution in [2.75, 3.05) is 27.2 Å². The molecular weight excluding hydrogens is 284 g/mol. The van der Waals surface area contributed by atoms with Gasteiger partial charge in [-0.3, -0.25) is 4.98 Å². The van der Waals surface area contributed by atoms with E-state index in [4.69, 9.17) is 16.3 Å². The van der Waals surface area contributed by atoms with E-state index in [1.807, 2.05) is 48.8 Å². The van der Waals surface area contributed by atoms with Gasteiger partial charge in [-0.05, 0) is 37.2 Å². The number of hydrogen-bond acceptors (Lipinski definition) is 3. The van der Waals surface area contributed by atoms with Gasteiger partial charge in [0.1, 0.15) is 5.75 Å². The number of pyridine rings is 1. The molecule has 0 aliphatic heterocycles. The Bertz CT molecular complexity index is 547. The van der Waals surface area contributed by atoms with Gasteiger partial charge in [-0.15, -0.1) is 11.6 Å². The lowest BCUT2D eigenvalue weighted by Gasteiger charge is -2.21. The van der Waals surface area contributed by atoms with Crippen LogP contribution in [0.4, 0.5) is 0 Å². The summed E-state index contributed by atoms with van der Waals surface area (Å²) in [6.07, 6.45) is 4.65. The molecule has 0 saturated heterocycles. The predicted octanol–water partition coefficient (Wildman–Crippen LogP) is 3.54.